The number of carbonyl (C=O) groups is 1. The van der Waals surface area contributed by atoms with Crippen LogP contribution in [0.5, 0.6) is 5.75 Å². The van der Waals surface area contributed by atoms with Gasteiger partial charge in [0.25, 0.3) is 0 Å². The highest BCUT2D eigenvalue weighted by Crippen LogP contribution is 2.12. The summed E-state index contributed by atoms with van der Waals surface area (Å²) in [6, 6.07) is 7.14. The first-order chi connectivity index (χ1) is 9.11. The van der Waals surface area contributed by atoms with Crippen molar-refractivity contribution in [3.8, 4) is 5.75 Å². The number of rotatable bonds is 8. The second kappa shape index (κ2) is 8.37. The van der Waals surface area contributed by atoms with E-state index < -0.39 is 0 Å². The molecule has 0 aliphatic rings. The molecule has 1 rings (SSSR count). The molecule has 0 saturated carbocycles. The van der Waals surface area contributed by atoms with E-state index in [0.29, 0.717) is 25.3 Å². The summed E-state index contributed by atoms with van der Waals surface area (Å²) in [6.45, 7) is 4.98. The number of nitrogen functional groups attached to an aromatic ring is 1. The van der Waals surface area contributed by atoms with E-state index in [0.717, 1.165) is 18.8 Å². The van der Waals surface area contributed by atoms with Crippen molar-refractivity contribution in [3.63, 3.8) is 0 Å². The van der Waals surface area contributed by atoms with Gasteiger partial charge in [-0.2, -0.15) is 0 Å². The summed E-state index contributed by atoms with van der Waals surface area (Å²) < 4.78 is 5.45. The zero-order valence-electron chi connectivity index (χ0n) is 11.7. The summed E-state index contributed by atoms with van der Waals surface area (Å²) in [5.41, 5.74) is 6.27. The van der Waals surface area contributed by atoms with E-state index >= 15 is 0 Å². The Morgan fingerprint density at radius 3 is 2.68 bits per heavy atom. The number of benzene rings is 1. The van der Waals surface area contributed by atoms with E-state index in [1.165, 1.54) is 0 Å². The minimum Gasteiger partial charge on any atom is -0.493 e. The molecule has 0 spiro atoms. The monoisotopic (exact) mass is 265 g/mol. The Morgan fingerprint density at radius 2 is 2.05 bits per heavy atom. The summed E-state index contributed by atoms with van der Waals surface area (Å²) in [6.07, 6.45) is 0.361. The first-order valence-corrected chi connectivity index (χ1v) is 6.55. The molecule has 0 saturated heterocycles. The van der Waals surface area contributed by atoms with Gasteiger partial charge in [-0.3, -0.25) is 4.79 Å². The van der Waals surface area contributed by atoms with E-state index in [-0.39, 0.29) is 5.91 Å². The van der Waals surface area contributed by atoms with Crippen LogP contribution in [0, 0.1) is 0 Å². The average Bonchev–Trinajstić information content (AvgIpc) is 2.41. The van der Waals surface area contributed by atoms with Crippen molar-refractivity contribution < 1.29 is 9.53 Å². The summed E-state index contributed by atoms with van der Waals surface area (Å²) in [5, 5.41) is 2.86. The number of carbonyl (C=O) groups excluding carboxylic acids is 1. The van der Waals surface area contributed by atoms with E-state index in [2.05, 4.69) is 17.1 Å². The molecule has 0 radical (unpaired) electrons. The molecule has 0 aromatic heterocycles. The fourth-order valence-electron chi connectivity index (χ4n) is 1.46. The molecule has 5 heteroatoms. The molecule has 0 aliphatic heterocycles. The number of hydrogen-bond acceptors (Lipinski definition) is 4. The van der Waals surface area contributed by atoms with Crippen molar-refractivity contribution in [1.29, 1.82) is 0 Å². The van der Waals surface area contributed by atoms with E-state index in [4.69, 9.17) is 10.5 Å². The first kappa shape index (κ1) is 15.3. The second-order valence-electron chi connectivity index (χ2n) is 4.41. The Labute approximate surface area is 114 Å². The van der Waals surface area contributed by atoms with Gasteiger partial charge >= 0.3 is 0 Å². The van der Waals surface area contributed by atoms with Gasteiger partial charge in [0.05, 0.1) is 13.0 Å². The number of nitrogens with zero attached hydrogens (tertiary/aromatic N) is 1. The summed E-state index contributed by atoms with van der Waals surface area (Å²) in [4.78, 5) is 13.7. The van der Waals surface area contributed by atoms with E-state index in [1.807, 2.05) is 7.05 Å². The van der Waals surface area contributed by atoms with Crippen LogP contribution in [-0.4, -0.2) is 44.1 Å². The molecule has 1 aromatic rings. The Balaban J connectivity index is 2.11. The van der Waals surface area contributed by atoms with Crippen LogP contribution in [0.1, 0.15) is 13.3 Å². The molecule has 1 amide bonds. The van der Waals surface area contributed by atoms with Crippen LogP contribution < -0.4 is 15.8 Å². The van der Waals surface area contributed by atoms with Crippen LogP contribution in [-0.2, 0) is 4.79 Å². The third-order valence-corrected chi connectivity index (χ3v) is 2.83. The highest BCUT2D eigenvalue weighted by molar-refractivity contribution is 5.75. The topological polar surface area (TPSA) is 67.6 Å². The molecule has 0 bridgehead atoms. The molecule has 3 N–H and O–H groups in total. The smallest absolute Gasteiger partial charge is 0.223 e. The van der Waals surface area contributed by atoms with Crippen LogP contribution in [0.25, 0.3) is 0 Å². The van der Waals surface area contributed by atoms with Crippen LogP contribution in [0.15, 0.2) is 24.3 Å². The minimum atomic E-state index is 0.0138. The SMILES string of the molecule is CCN(C)CCNC(=O)CCOc1ccc(N)cc1. The number of likely N-dealkylation sites (N-methyl/N-ethyl adjacent to an activating group) is 1. The molecular formula is C14H23N3O2. The van der Waals surface area contributed by atoms with Gasteiger partial charge in [0.2, 0.25) is 5.91 Å². The molecule has 19 heavy (non-hydrogen) atoms. The van der Waals surface area contributed by atoms with Gasteiger partial charge in [0.15, 0.2) is 0 Å². The molecule has 0 fully saturated rings. The molecule has 0 unspecified atom stereocenters. The standard InChI is InChI=1S/C14H23N3O2/c1-3-17(2)10-9-16-14(18)8-11-19-13-6-4-12(15)5-7-13/h4-7H,3,8-11,15H2,1-2H3,(H,16,18). The van der Waals surface area contributed by atoms with E-state index in [9.17, 15) is 4.79 Å². The molecule has 5 nitrogen and oxygen atoms in total. The second-order valence-corrected chi connectivity index (χ2v) is 4.41. The van der Waals surface area contributed by atoms with Crippen LogP contribution in [0.3, 0.4) is 0 Å². The minimum absolute atomic E-state index is 0.0138. The summed E-state index contributed by atoms with van der Waals surface area (Å²) in [7, 11) is 2.02. The van der Waals surface area contributed by atoms with Gasteiger partial charge in [0, 0.05) is 18.8 Å². The molecule has 1 aromatic carbocycles. The number of hydrogen-bond donors (Lipinski definition) is 2. The molecule has 106 valence electrons. The Hall–Kier alpha value is -1.75. The highest BCUT2D eigenvalue weighted by Gasteiger charge is 2.02. The van der Waals surface area contributed by atoms with Crippen molar-refractivity contribution in [2.45, 2.75) is 13.3 Å². The Kier molecular flexibility index (Phi) is 6.74. The van der Waals surface area contributed by atoms with Gasteiger partial charge in [0.1, 0.15) is 5.75 Å². The van der Waals surface area contributed by atoms with Gasteiger partial charge in [-0.1, -0.05) is 6.92 Å². The third-order valence-electron chi connectivity index (χ3n) is 2.83. The lowest BCUT2D eigenvalue weighted by Crippen LogP contribution is -2.33. The molecule has 0 aliphatic carbocycles. The Bertz CT molecular complexity index is 379. The number of amides is 1. The van der Waals surface area contributed by atoms with Gasteiger partial charge < -0.3 is 20.7 Å². The van der Waals surface area contributed by atoms with Crippen LogP contribution in [0.4, 0.5) is 5.69 Å². The first-order valence-electron chi connectivity index (χ1n) is 6.55. The fourth-order valence-corrected chi connectivity index (χ4v) is 1.46. The van der Waals surface area contributed by atoms with E-state index in [1.54, 1.807) is 24.3 Å². The lowest BCUT2D eigenvalue weighted by Gasteiger charge is -2.14. The average molecular weight is 265 g/mol. The van der Waals surface area contributed by atoms with Gasteiger partial charge in [-0.05, 0) is 37.9 Å². The Morgan fingerprint density at radius 1 is 1.37 bits per heavy atom. The predicted molar refractivity (Wildman–Crippen MR) is 77.1 cm³/mol. The number of ether oxygens (including phenoxy) is 1. The number of nitrogens with two attached hydrogens (primary N) is 1. The predicted octanol–water partition coefficient (Wildman–Crippen LogP) is 1.11. The fraction of sp³-hybridized carbons (Fsp3) is 0.500. The normalized spacial score (nSPS) is 10.5. The van der Waals surface area contributed by atoms with Gasteiger partial charge in [-0.15, -0.1) is 0 Å². The van der Waals surface area contributed by atoms with Crippen LogP contribution >= 0.6 is 0 Å². The highest BCUT2D eigenvalue weighted by atomic mass is 16.5. The van der Waals surface area contributed by atoms with Crippen molar-refractivity contribution in [2.24, 2.45) is 0 Å². The van der Waals surface area contributed by atoms with Crippen molar-refractivity contribution in [3.05, 3.63) is 24.3 Å². The zero-order chi connectivity index (χ0) is 14.1. The summed E-state index contributed by atoms with van der Waals surface area (Å²) >= 11 is 0. The summed E-state index contributed by atoms with van der Waals surface area (Å²) in [5.74, 6) is 0.743. The maximum atomic E-state index is 11.5. The van der Waals surface area contributed by atoms with Crippen molar-refractivity contribution in [1.82, 2.24) is 10.2 Å². The molecular weight excluding hydrogens is 242 g/mol. The quantitative estimate of drug-likeness (QED) is 0.691. The largest absolute Gasteiger partial charge is 0.493 e. The lowest BCUT2D eigenvalue weighted by molar-refractivity contribution is -0.121. The molecule has 0 atom stereocenters. The molecule has 0 heterocycles. The number of nitrogens with one attached hydrogen (secondary N) is 1. The van der Waals surface area contributed by atoms with Crippen molar-refractivity contribution in [2.75, 3.05) is 39.0 Å². The zero-order valence-corrected chi connectivity index (χ0v) is 11.7. The van der Waals surface area contributed by atoms with Crippen LogP contribution in [0.2, 0.25) is 0 Å². The lowest BCUT2D eigenvalue weighted by atomic mass is 10.3. The number of anilines is 1. The maximum absolute atomic E-state index is 11.5. The van der Waals surface area contributed by atoms with Crippen molar-refractivity contribution >= 4 is 11.6 Å². The third kappa shape index (κ3) is 6.67. The maximum Gasteiger partial charge on any atom is 0.223 e. The van der Waals surface area contributed by atoms with Gasteiger partial charge in [-0.25, -0.2) is 0 Å².